The predicted octanol–water partition coefficient (Wildman–Crippen LogP) is 1.46. The Balaban J connectivity index is 2.02. The fraction of sp³-hybridized carbons (Fsp3) is 0.562. The first-order valence-electron chi connectivity index (χ1n) is 7.55. The molecule has 1 heterocycles. The van der Waals surface area contributed by atoms with Crippen LogP contribution in [0.25, 0.3) is 0 Å². The van der Waals surface area contributed by atoms with Gasteiger partial charge in [0.15, 0.2) is 0 Å². The molecule has 1 saturated heterocycles. The Morgan fingerprint density at radius 1 is 1.48 bits per heavy atom. The summed E-state index contributed by atoms with van der Waals surface area (Å²) in [4.78, 5) is 14.1. The van der Waals surface area contributed by atoms with Crippen LogP contribution in [-0.2, 0) is 9.53 Å². The first kappa shape index (κ1) is 15.8. The molecule has 0 aliphatic carbocycles. The largest absolute Gasteiger partial charge is 0.466 e. The summed E-state index contributed by atoms with van der Waals surface area (Å²) in [5, 5.41) is 9.70. The van der Waals surface area contributed by atoms with E-state index in [0.29, 0.717) is 13.2 Å². The molecule has 5 heteroatoms. The smallest absolute Gasteiger partial charge is 0.310 e. The van der Waals surface area contributed by atoms with Crippen molar-refractivity contribution in [3.63, 3.8) is 0 Å². The number of nitrogens with two attached hydrogens (primary N) is 1. The molecule has 2 rings (SSSR count). The first-order chi connectivity index (χ1) is 10.2. The van der Waals surface area contributed by atoms with Gasteiger partial charge in [-0.15, -0.1) is 0 Å². The molecular weight excluding hydrogens is 268 g/mol. The Morgan fingerprint density at radius 3 is 2.81 bits per heavy atom. The van der Waals surface area contributed by atoms with E-state index in [1.54, 1.807) is 0 Å². The summed E-state index contributed by atoms with van der Waals surface area (Å²) in [6.07, 6.45) is 1.25. The van der Waals surface area contributed by atoms with Crippen molar-refractivity contribution in [2.75, 3.05) is 31.1 Å². The van der Waals surface area contributed by atoms with Gasteiger partial charge in [-0.2, -0.15) is 0 Å². The van der Waals surface area contributed by atoms with E-state index in [1.807, 2.05) is 31.2 Å². The van der Waals surface area contributed by atoms with E-state index in [9.17, 15) is 9.90 Å². The fourth-order valence-electron chi connectivity index (χ4n) is 2.71. The summed E-state index contributed by atoms with van der Waals surface area (Å²) >= 11 is 0. The molecule has 1 aliphatic heterocycles. The molecule has 0 spiro atoms. The van der Waals surface area contributed by atoms with Gasteiger partial charge in [-0.3, -0.25) is 4.79 Å². The second-order valence-corrected chi connectivity index (χ2v) is 5.38. The molecule has 1 aromatic rings. The van der Waals surface area contributed by atoms with Gasteiger partial charge in [0.1, 0.15) is 0 Å². The van der Waals surface area contributed by atoms with Gasteiger partial charge < -0.3 is 20.5 Å². The van der Waals surface area contributed by atoms with Crippen LogP contribution in [-0.4, -0.2) is 37.3 Å². The first-order valence-corrected chi connectivity index (χ1v) is 7.55. The van der Waals surface area contributed by atoms with E-state index in [-0.39, 0.29) is 18.4 Å². The molecule has 3 N–H and O–H groups in total. The van der Waals surface area contributed by atoms with Crippen LogP contribution in [0.3, 0.4) is 0 Å². The molecular formula is C16H24N2O3. The number of nitrogens with zero attached hydrogens (tertiary/aromatic N) is 1. The van der Waals surface area contributed by atoms with Crippen LogP contribution < -0.4 is 10.6 Å². The lowest BCUT2D eigenvalue weighted by Crippen LogP contribution is -2.39. The van der Waals surface area contributed by atoms with Crippen LogP contribution in [0.15, 0.2) is 24.3 Å². The van der Waals surface area contributed by atoms with Crippen molar-refractivity contribution in [2.45, 2.75) is 25.9 Å². The minimum atomic E-state index is -0.618. The van der Waals surface area contributed by atoms with Crippen LogP contribution >= 0.6 is 0 Å². The Hall–Kier alpha value is -1.59. The molecule has 0 bridgehead atoms. The van der Waals surface area contributed by atoms with Gasteiger partial charge in [-0.1, -0.05) is 12.1 Å². The summed E-state index contributed by atoms with van der Waals surface area (Å²) in [5.41, 5.74) is 7.34. The molecule has 5 nitrogen and oxygen atoms in total. The van der Waals surface area contributed by atoms with E-state index >= 15 is 0 Å². The number of esters is 1. The summed E-state index contributed by atoms with van der Waals surface area (Å²) in [6, 6.07) is 7.73. The topological polar surface area (TPSA) is 75.8 Å². The van der Waals surface area contributed by atoms with Crippen molar-refractivity contribution in [3.05, 3.63) is 29.8 Å². The lowest BCUT2D eigenvalue weighted by molar-refractivity contribution is -0.148. The van der Waals surface area contributed by atoms with Crippen molar-refractivity contribution in [3.8, 4) is 0 Å². The monoisotopic (exact) mass is 292 g/mol. The number of carbonyl (C=O) groups is 1. The van der Waals surface area contributed by atoms with Crippen LogP contribution in [0.2, 0.25) is 0 Å². The maximum absolute atomic E-state index is 11.9. The SMILES string of the molecule is CCOC(=O)C1CCCN(c2ccc(C(O)CN)cc2)C1. The highest BCUT2D eigenvalue weighted by atomic mass is 16.5. The molecule has 0 radical (unpaired) electrons. The highest BCUT2D eigenvalue weighted by molar-refractivity contribution is 5.73. The van der Waals surface area contributed by atoms with Crippen LogP contribution in [0.1, 0.15) is 31.4 Å². The van der Waals surface area contributed by atoms with E-state index in [1.165, 1.54) is 0 Å². The number of rotatable bonds is 5. The summed E-state index contributed by atoms with van der Waals surface area (Å²) in [6.45, 7) is 4.11. The quantitative estimate of drug-likeness (QED) is 0.804. The number of aliphatic hydroxyl groups is 1. The molecule has 1 fully saturated rings. The maximum atomic E-state index is 11.9. The Morgan fingerprint density at radius 2 is 2.19 bits per heavy atom. The van der Waals surface area contributed by atoms with E-state index < -0.39 is 6.10 Å². The molecule has 1 aromatic carbocycles. The van der Waals surface area contributed by atoms with Crippen molar-refractivity contribution >= 4 is 11.7 Å². The predicted molar refractivity (Wildman–Crippen MR) is 82.0 cm³/mol. The second kappa shape index (κ2) is 7.43. The summed E-state index contributed by atoms with van der Waals surface area (Å²) < 4.78 is 5.12. The lowest BCUT2D eigenvalue weighted by Gasteiger charge is -2.33. The Bertz CT molecular complexity index is 461. The Labute approximate surface area is 125 Å². The fourth-order valence-corrected chi connectivity index (χ4v) is 2.71. The maximum Gasteiger partial charge on any atom is 0.310 e. The average molecular weight is 292 g/mol. The molecule has 0 aromatic heterocycles. The number of piperidine rings is 1. The van der Waals surface area contributed by atoms with Crippen molar-refractivity contribution in [1.82, 2.24) is 0 Å². The minimum absolute atomic E-state index is 0.0481. The van der Waals surface area contributed by atoms with Crippen molar-refractivity contribution < 1.29 is 14.6 Å². The van der Waals surface area contributed by atoms with E-state index in [0.717, 1.165) is 30.6 Å². The van der Waals surface area contributed by atoms with Gasteiger partial charge in [0, 0.05) is 25.3 Å². The third-order valence-electron chi connectivity index (χ3n) is 3.91. The van der Waals surface area contributed by atoms with Gasteiger partial charge in [0.25, 0.3) is 0 Å². The minimum Gasteiger partial charge on any atom is -0.466 e. The molecule has 1 aliphatic rings. The molecule has 21 heavy (non-hydrogen) atoms. The van der Waals surface area contributed by atoms with Crippen LogP contribution in [0.4, 0.5) is 5.69 Å². The normalized spacial score (nSPS) is 20.1. The number of hydrogen-bond acceptors (Lipinski definition) is 5. The number of carbonyl (C=O) groups excluding carboxylic acids is 1. The number of anilines is 1. The molecule has 2 unspecified atom stereocenters. The van der Waals surface area contributed by atoms with E-state index in [2.05, 4.69) is 4.90 Å². The number of aliphatic hydroxyl groups excluding tert-OH is 1. The second-order valence-electron chi connectivity index (χ2n) is 5.38. The third kappa shape index (κ3) is 3.95. The summed E-state index contributed by atoms with van der Waals surface area (Å²) in [5.74, 6) is -0.148. The van der Waals surface area contributed by atoms with Gasteiger partial charge >= 0.3 is 5.97 Å². The zero-order valence-corrected chi connectivity index (χ0v) is 12.5. The van der Waals surface area contributed by atoms with Gasteiger partial charge in [0.2, 0.25) is 0 Å². The average Bonchev–Trinajstić information content (AvgIpc) is 2.54. The zero-order valence-electron chi connectivity index (χ0n) is 12.5. The number of hydrogen-bond donors (Lipinski definition) is 2. The van der Waals surface area contributed by atoms with Crippen LogP contribution in [0, 0.1) is 5.92 Å². The lowest BCUT2D eigenvalue weighted by atomic mass is 9.97. The molecule has 0 amide bonds. The highest BCUT2D eigenvalue weighted by Crippen LogP contribution is 2.25. The van der Waals surface area contributed by atoms with Gasteiger partial charge in [-0.05, 0) is 37.5 Å². The van der Waals surface area contributed by atoms with Crippen molar-refractivity contribution in [1.29, 1.82) is 0 Å². The van der Waals surface area contributed by atoms with Crippen LogP contribution in [0.5, 0.6) is 0 Å². The molecule has 0 saturated carbocycles. The van der Waals surface area contributed by atoms with E-state index in [4.69, 9.17) is 10.5 Å². The van der Waals surface area contributed by atoms with Gasteiger partial charge in [-0.25, -0.2) is 0 Å². The summed E-state index contributed by atoms with van der Waals surface area (Å²) in [7, 11) is 0. The molecule has 2 atom stereocenters. The third-order valence-corrected chi connectivity index (χ3v) is 3.91. The molecule has 116 valence electrons. The highest BCUT2D eigenvalue weighted by Gasteiger charge is 2.26. The Kier molecular flexibility index (Phi) is 5.59. The number of benzene rings is 1. The standard InChI is InChI=1S/C16H24N2O3/c1-2-21-16(20)13-4-3-9-18(11-13)14-7-5-12(6-8-14)15(19)10-17/h5-8,13,15,19H,2-4,9-11,17H2,1H3. The zero-order chi connectivity index (χ0) is 15.2. The van der Waals surface area contributed by atoms with Crippen molar-refractivity contribution in [2.24, 2.45) is 11.7 Å². The number of ether oxygens (including phenoxy) is 1. The van der Waals surface area contributed by atoms with Gasteiger partial charge in [0.05, 0.1) is 18.6 Å².